The van der Waals surface area contributed by atoms with Gasteiger partial charge in [-0.05, 0) is 12.1 Å². The molecule has 5 heteroatoms. The molecule has 0 spiro atoms. The van der Waals surface area contributed by atoms with Gasteiger partial charge in [0.25, 0.3) is 0 Å². The minimum atomic E-state index is -0.728. The average molecular weight is 215 g/mol. The van der Waals surface area contributed by atoms with E-state index in [9.17, 15) is 9.18 Å². The number of halogens is 2. The maximum absolute atomic E-state index is 12.5. The Bertz CT molecular complexity index is 455. The molecule has 0 amide bonds. The van der Waals surface area contributed by atoms with E-state index in [1.807, 2.05) is 0 Å². The largest absolute Gasteiger partial charge is 0.294 e. The molecule has 3 nitrogen and oxygen atoms in total. The van der Waals surface area contributed by atoms with E-state index in [1.165, 1.54) is 4.57 Å². The highest BCUT2D eigenvalue weighted by molar-refractivity contribution is 5.85. The molecule has 0 N–H and O–H groups in total. The third-order valence-electron chi connectivity index (χ3n) is 1.91. The molecule has 1 aromatic carbocycles. The fraction of sp³-hybridized carbons (Fsp3) is 0.111. The second-order valence-corrected chi connectivity index (χ2v) is 2.62. The van der Waals surface area contributed by atoms with Crippen molar-refractivity contribution in [1.29, 1.82) is 0 Å². The van der Waals surface area contributed by atoms with Gasteiger partial charge in [0.05, 0.1) is 11.0 Å². The van der Waals surface area contributed by atoms with E-state index in [4.69, 9.17) is 0 Å². The summed E-state index contributed by atoms with van der Waals surface area (Å²) in [5.74, 6) is 0.128. The molecule has 14 heavy (non-hydrogen) atoms. The van der Waals surface area contributed by atoms with Crippen molar-refractivity contribution in [3.63, 3.8) is 0 Å². The number of carbonyl (C=O) groups is 1. The van der Waals surface area contributed by atoms with Crippen LogP contribution >= 0.6 is 12.4 Å². The lowest BCUT2D eigenvalue weighted by Gasteiger charge is -1.96. The molecule has 0 aliphatic carbocycles. The zero-order valence-corrected chi connectivity index (χ0v) is 8.00. The molecule has 0 bridgehead atoms. The normalized spacial score (nSPS) is 9.79. The van der Waals surface area contributed by atoms with Crippen molar-refractivity contribution in [3.05, 3.63) is 30.1 Å². The van der Waals surface area contributed by atoms with E-state index < -0.39 is 6.80 Å². The fourth-order valence-electron chi connectivity index (χ4n) is 1.31. The van der Waals surface area contributed by atoms with Gasteiger partial charge in [-0.2, -0.15) is 0 Å². The van der Waals surface area contributed by atoms with Gasteiger partial charge in [-0.15, -0.1) is 12.4 Å². The van der Waals surface area contributed by atoms with Crippen LogP contribution in [0.3, 0.4) is 0 Å². The summed E-state index contributed by atoms with van der Waals surface area (Å²) in [7, 11) is 0. The summed E-state index contributed by atoms with van der Waals surface area (Å²) >= 11 is 0. The van der Waals surface area contributed by atoms with Crippen LogP contribution in [0.2, 0.25) is 0 Å². The summed E-state index contributed by atoms with van der Waals surface area (Å²) in [5, 5.41) is 0. The number of imidazole rings is 1. The molecule has 2 aromatic rings. The molecule has 0 saturated heterocycles. The Kier molecular flexibility index (Phi) is 3.19. The van der Waals surface area contributed by atoms with Crippen molar-refractivity contribution in [3.8, 4) is 0 Å². The number of aromatic nitrogens is 2. The van der Waals surface area contributed by atoms with Gasteiger partial charge in [0.15, 0.2) is 18.9 Å². The molecule has 1 aromatic heterocycles. The van der Waals surface area contributed by atoms with E-state index in [0.29, 0.717) is 17.3 Å². The predicted octanol–water partition coefficient (Wildman–Crippen LogP) is 2.20. The lowest BCUT2D eigenvalue weighted by atomic mass is 10.3. The second-order valence-electron chi connectivity index (χ2n) is 2.62. The highest BCUT2D eigenvalue weighted by atomic mass is 35.5. The van der Waals surface area contributed by atoms with Crippen LogP contribution in [-0.2, 0) is 6.80 Å². The molecule has 0 aliphatic heterocycles. The lowest BCUT2D eigenvalue weighted by Crippen LogP contribution is -1.98. The highest BCUT2D eigenvalue weighted by Gasteiger charge is 2.07. The molecule has 1 heterocycles. The van der Waals surface area contributed by atoms with Gasteiger partial charge in [-0.3, -0.25) is 9.36 Å². The molecule has 0 unspecified atom stereocenters. The smallest absolute Gasteiger partial charge is 0.185 e. The fourth-order valence-corrected chi connectivity index (χ4v) is 1.31. The molecule has 0 aliphatic rings. The SMILES string of the molecule is Cl.O=Cc1nc2ccccc2n1CF. The van der Waals surface area contributed by atoms with Crippen LogP contribution in [0, 0.1) is 0 Å². The molecular weight excluding hydrogens is 207 g/mol. The molecule has 0 saturated carbocycles. The van der Waals surface area contributed by atoms with E-state index in [0.717, 1.165) is 0 Å². The maximum Gasteiger partial charge on any atom is 0.185 e. The Morgan fingerprint density at radius 3 is 2.79 bits per heavy atom. The van der Waals surface area contributed by atoms with Gasteiger partial charge >= 0.3 is 0 Å². The molecule has 0 atom stereocenters. The zero-order chi connectivity index (χ0) is 9.26. The highest BCUT2D eigenvalue weighted by Crippen LogP contribution is 2.14. The summed E-state index contributed by atoms with van der Waals surface area (Å²) in [6, 6.07) is 7.06. The van der Waals surface area contributed by atoms with Crippen LogP contribution in [0.1, 0.15) is 10.6 Å². The molecule has 74 valence electrons. The van der Waals surface area contributed by atoms with Gasteiger partial charge in [-0.25, -0.2) is 9.37 Å². The van der Waals surface area contributed by atoms with Crippen LogP contribution in [0.4, 0.5) is 4.39 Å². The number of hydrogen-bond acceptors (Lipinski definition) is 2. The average Bonchev–Trinajstić information content (AvgIpc) is 2.55. The standard InChI is InChI=1S/C9H7FN2O.ClH/c10-6-12-8-4-2-1-3-7(8)11-9(12)5-13;/h1-5H,6H2;1H. The number of para-hydroxylation sites is 2. The summed E-state index contributed by atoms with van der Waals surface area (Å²) in [6.45, 7) is -0.728. The van der Waals surface area contributed by atoms with E-state index in [-0.39, 0.29) is 18.2 Å². The second kappa shape index (κ2) is 4.19. The van der Waals surface area contributed by atoms with E-state index >= 15 is 0 Å². The number of benzene rings is 1. The maximum atomic E-state index is 12.5. The van der Waals surface area contributed by atoms with E-state index in [2.05, 4.69) is 4.98 Å². The monoisotopic (exact) mass is 214 g/mol. The van der Waals surface area contributed by atoms with Crippen molar-refractivity contribution < 1.29 is 9.18 Å². The minimum Gasteiger partial charge on any atom is -0.294 e. The molecule has 0 fully saturated rings. The Hall–Kier alpha value is -1.42. The predicted molar refractivity (Wildman–Crippen MR) is 53.5 cm³/mol. The number of alkyl halides is 1. The van der Waals surface area contributed by atoms with Gasteiger partial charge < -0.3 is 0 Å². The quantitative estimate of drug-likeness (QED) is 0.719. The van der Waals surface area contributed by atoms with Crippen molar-refractivity contribution in [2.24, 2.45) is 0 Å². The number of nitrogens with zero attached hydrogens (tertiary/aromatic N) is 2. The van der Waals surface area contributed by atoms with Crippen LogP contribution < -0.4 is 0 Å². The first-order chi connectivity index (χ1) is 6.36. The molecular formula is C9H8ClFN2O. The zero-order valence-electron chi connectivity index (χ0n) is 7.18. The summed E-state index contributed by atoms with van der Waals surface area (Å²) in [4.78, 5) is 14.5. The summed E-state index contributed by atoms with van der Waals surface area (Å²) in [6.07, 6.45) is 0.555. The van der Waals surface area contributed by atoms with Gasteiger partial charge in [0.1, 0.15) is 0 Å². The minimum absolute atomic E-state index is 0. The first-order valence-corrected chi connectivity index (χ1v) is 3.83. The third kappa shape index (κ3) is 1.48. The van der Waals surface area contributed by atoms with Gasteiger partial charge in [0.2, 0.25) is 0 Å². The van der Waals surface area contributed by atoms with Crippen LogP contribution in [-0.4, -0.2) is 15.8 Å². The summed E-state index contributed by atoms with van der Waals surface area (Å²) < 4.78 is 13.7. The van der Waals surface area contributed by atoms with Crippen LogP contribution in [0.25, 0.3) is 11.0 Å². The van der Waals surface area contributed by atoms with Gasteiger partial charge in [0, 0.05) is 0 Å². The third-order valence-corrected chi connectivity index (χ3v) is 1.91. The molecule has 0 radical (unpaired) electrons. The van der Waals surface area contributed by atoms with Crippen LogP contribution in [0.5, 0.6) is 0 Å². The number of rotatable bonds is 2. The van der Waals surface area contributed by atoms with E-state index in [1.54, 1.807) is 24.3 Å². The first-order valence-electron chi connectivity index (χ1n) is 3.83. The van der Waals surface area contributed by atoms with Crippen molar-refractivity contribution >= 4 is 29.7 Å². The van der Waals surface area contributed by atoms with Crippen LogP contribution in [0.15, 0.2) is 24.3 Å². The van der Waals surface area contributed by atoms with Crippen molar-refractivity contribution in [2.45, 2.75) is 6.80 Å². The van der Waals surface area contributed by atoms with Crippen molar-refractivity contribution in [2.75, 3.05) is 0 Å². The number of carbonyl (C=O) groups excluding carboxylic acids is 1. The number of hydrogen-bond donors (Lipinski definition) is 0. The summed E-state index contributed by atoms with van der Waals surface area (Å²) in [5.41, 5.74) is 1.29. The topological polar surface area (TPSA) is 34.9 Å². The number of fused-ring (bicyclic) bond motifs is 1. The Morgan fingerprint density at radius 2 is 2.14 bits per heavy atom. The van der Waals surface area contributed by atoms with Crippen molar-refractivity contribution in [1.82, 2.24) is 9.55 Å². The Labute approximate surface area is 86.0 Å². The lowest BCUT2D eigenvalue weighted by molar-refractivity contribution is 0.110. The van der Waals surface area contributed by atoms with Gasteiger partial charge in [-0.1, -0.05) is 12.1 Å². The molecule has 2 rings (SSSR count). The first kappa shape index (κ1) is 10.7. The Balaban J connectivity index is 0.000000980. The number of aldehydes is 1. The Morgan fingerprint density at radius 1 is 1.43 bits per heavy atom.